The molecule has 3 rings (SSSR count). The van der Waals surface area contributed by atoms with Crippen LogP contribution in [0.3, 0.4) is 0 Å². The monoisotopic (exact) mass is 320 g/mol. The van der Waals surface area contributed by atoms with Crippen molar-refractivity contribution in [1.82, 2.24) is 9.97 Å². The van der Waals surface area contributed by atoms with Crippen LogP contribution < -0.4 is 5.56 Å². The minimum absolute atomic E-state index is 0.0155. The second-order valence-corrected chi connectivity index (χ2v) is 4.87. The van der Waals surface area contributed by atoms with Crippen molar-refractivity contribution < 1.29 is 9.52 Å². The van der Waals surface area contributed by atoms with Crippen LogP contribution in [-0.2, 0) is 0 Å². The zero-order valence-corrected chi connectivity index (χ0v) is 11.5. The first kappa shape index (κ1) is 12.0. The Morgan fingerprint density at radius 3 is 2.84 bits per heavy atom. The maximum absolute atomic E-state index is 11.7. The third-order valence-corrected chi connectivity index (χ3v) is 3.57. The number of hydrogen-bond donors (Lipinski definition) is 2. The first-order chi connectivity index (χ1) is 9.08. The lowest BCUT2D eigenvalue weighted by molar-refractivity contribution is 0.448. The van der Waals surface area contributed by atoms with Gasteiger partial charge in [-0.05, 0) is 28.9 Å². The summed E-state index contributed by atoms with van der Waals surface area (Å²) in [7, 11) is 0. The molecule has 96 valence electrons. The smallest absolute Gasteiger partial charge is 0.269 e. The predicted molar refractivity (Wildman–Crippen MR) is 74.2 cm³/mol. The van der Waals surface area contributed by atoms with Gasteiger partial charge in [0.05, 0.1) is 5.56 Å². The van der Waals surface area contributed by atoms with Crippen LogP contribution in [0.15, 0.2) is 37.9 Å². The number of furan rings is 1. The molecular weight excluding hydrogens is 312 g/mol. The van der Waals surface area contributed by atoms with Crippen LogP contribution in [0, 0.1) is 6.92 Å². The van der Waals surface area contributed by atoms with Gasteiger partial charge in [0.25, 0.3) is 5.56 Å². The summed E-state index contributed by atoms with van der Waals surface area (Å²) in [4.78, 5) is 18.3. The van der Waals surface area contributed by atoms with Crippen LogP contribution in [-0.4, -0.2) is 15.1 Å². The molecular formula is C13H9BrN2O3. The van der Waals surface area contributed by atoms with Crippen molar-refractivity contribution >= 4 is 26.9 Å². The van der Waals surface area contributed by atoms with Crippen molar-refractivity contribution in [2.75, 3.05) is 0 Å². The third kappa shape index (κ3) is 1.84. The Kier molecular flexibility index (Phi) is 2.67. The summed E-state index contributed by atoms with van der Waals surface area (Å²) in [5.74, 6) is 0.572. The fourth-order valence-corrected chi connectivity index (χ4v) is 2.22. The number of fused-ring (bicyclic) bond motifs is 1. The highest BCUT2D eigenvalue weighted by Crippen LogP contribution is 2.33. The van der Waals surface area contributed by atoms with E-state index < -0.39 is 5.56 Å². The lowest BCUT2D eigenvalue weighted by atomic mass is 10.1. The maximum atomic E-state index is 11.7. The van der Waals surface area contributed by atoms with E-state index in [0.717, 1.165) is 5.39 Å². The number of halogens is 1. The van der Waals surface area contributed by atoms with E-state index in [1.54, 1.807) is 6.92 Å². The van der Waals surface area contributed by atoms with Gasteiger partial charge in [-0.15, -0.1) is 0 Å². The largest absolute Gasteiger partial charge is 0.492 e. The summed E-state index contributed by atoms with van der Waals surface area (Å²) >= 11 is 2.97. The molecule has 0 spiro atoms. The number of nitrogens with zero attached hydrogens (tertiary/aromatic N) is 1. The topological polar surface area (TPSA) is 79.1 Å². The Morgan fingerprint density at radius 1 is 1.37 bits per heavy atom. The van der Waals surface area contributed by atoms with Crippen LogP contribution in [0.1, 0.15) is 5.76 Å². The van der Waals surface area contributed by atoms with Crippen molar-refractivity contribution in [3.63, 3.8) is 0 Å². The highest BCUT2D eigenvalue weighted by molar-refractivity contribution is 9.10. The van der Waals surface area contributed by atoms with Crippen LogP contribution in [0.25, 0.3) is 22.4 Å². The molecule has 0 saturated carbocycles. The van der Waals surface area contributed by atoms with E-state index in [4.69, 9.17) is 4.42 Å². The summed E-state index contributed by atoms with van der Waals surface area (Å²) in [6.07, 6.45) is 0. The van der Waals surface area contributed by atoms with Gasteiger partial charge in [-0.3, -0.25) is 4.79 Å². The van der Waals surface area contributed by atoms with Gasteiger partial charge in [0.15, 0.2) is 0 Å². The second-order valence-electron chi connectivity index (χ2n) is 4.08. The van der Waals surface area contributed by atoms with Gasteiger partial charge in [-0.1, -0.05) is 18.2 Å². The third-order valence-electron chi connectivity index (χ3n) is 2.85. The summed E-state index contributed by atoms with van der Waals surface area (Å²) in [5.41, 5.74) is 0.947. The number of benzene rings is 1. The number of aromatic hydroxyl groups is 1. The molecule has 0 saturated heterocycles. The predicted octanol–water partition coefficient (Wildman–Crippen LogP) is 2.96. The Bertz CT molecular complexity index is 836. The number of H-pyrrole nitrogens is 1. The highest BCUT2D eigenvalue weighted by Gasteiger charge is 2.17. The Morgan fingerprint density at radius 2 is 2.11 bits per heavy atom. The molecule has 19 heavy (non-hydrogen) atoms. The fourth-order valence-electron chi connectivity index (χ4n) is 2.03. The van der Waals surface area contributed by atoms with Crippen LogP contribution in [0.5, 0.6) is 5.88 Å². The van der Waals surface area contributed by atoms with E-state index in [2.05, 4.69) is 25.9 Å². The number of aryl methyl sites for hydroxylation is 1. The van der Waals surface area contributed by atoms with Crippen LogP contribution in [0.2, 0.25) is 0 Å². The molecule has 0 bridgehead atoms. The average Bonchev–Trinajstić information content (AvgIpc) is 2.71. The molecule has 0 radical (unpaired) electrons. The maximum Gasteiger partial charge on any atom is 0.269 e. The molecule has 0 aliphatic rings. The molecule has 0 fully saturated rings. The molecule has 0 atom stereocenters. The summed E-state index contributed by atoms with van der Waals surface area (Å²) < 4.78 is 5.62. The summed E-state index contributed by atoms with van der Waals surface area (Å²) in [5, 5.41) is 10.5. The van der Waals surface area contributed by atoms with Gasteiger partial charge in [0.1, 0.15) is 21.6 Å². The van der Waals surface area contributed by atoms with E-state index >= 15 is 0 Å². The van der Waals surface area contributed by atoms with Crippen LogP contribution >= 0.6 is 15.9 Å². The molecule has 2 N–H and O–H groups in total. The van der Waals surface area contributed by atoms with Crippen LogP contribution in [0.4, 0.5) is 0 Å². The van der Waals surface area contributed by atoms with Gasteiger partial charge in [0, 0.05) is 5.39 Å². The summed E-state index contributed by atoms with van der Waals surface area (Å²) in [6.45, 7) is 1.79. The summed E-state index contributed by atoms with van der Waals surface area (Å²) in [6, 6.07) is 7.45. The lowest BCUT2D eigenvalue weighted by Crippen LogP contribution is -2.09. The molecule has 0 unspecified atom stereocenters. The quantitative estimate of drug-likeness (QED) is 0.722. The van der Waals surface area contributed by atoms with Crippen molar-refractivity contribution in [3.8, 4) is 17.3 Å². The molecule has 3 aromatic rings. The molecule has 2 heterocycles. The Labute approximate surface area is 116 Å². The minimum atomic E-state index is -0.438. The first-order valence-electron chi connectivity index (χ1n) is 5.55. The number of aromatic amines is 1. The zero-order valence-electron chi connectivity index (χ0n) is 9.90. The van der Waals surface area contributed by atoms with E-state index in [0.29, 0.717) is 16.9 Å². The molecule has 2 aromatic heterocycles. The van der Waals surface area contributed by atoms with Gasteiger partial charge in [-0.2, -0.15) is 4.98 Å². The van der Waals surface area contributed by atoms with E-state index in [1.807, 2.05) is 24.3 Å². The minimum Gasteiger partial charge on any atom is -0.492 e. The Balaban J connectivity index is 2.36. The number of nitrogens with one attached hydrogen (secondary N) is 1. The highest BCUT2D eigenvalue weighted by atomic mass is 79.9. The normalized spacial score (nSPS) is 11.1. The van der Waals surface area contributed by atoms with Crippen molar-refractivity contribution in [2.24, 2.45) is 0 Å². The SMILES string of the molecule is Cc1oc2ccccc2c1-c1nc(O)c(Br)c(=O)[nH]1. The lowest BCUT2D eigenvalue weighted by Gasteiger charge is -2.01. The van der Waals surface area contributed by atoms with E-state index in [1.165, 1.54) is 0 Å². The number of aromatic nitrogens is 2. The molecule has 5 nitrogen and oxygen atoms in total. The molecule has 0 aliphatic carbocycles. The molecule has 0 amide bonds. The number of rotatable bonds is 1. The zero-order chi connectivity index (χ0) is 13.6. The van der Waals surface area contributed by atoms with Gasteiger partial charge in [-0.25, -0.2) is 0 Å². The molecule has 0 aliphatic heterocycles. The molecule has 1 aromatic carbocycles. The second kappa shape index (κ2) is 4.24. The van der Waals surface area contributed by atoms with Crippen molar-refractivity contribution in [3.05, 3.63) is 44.9 Å². The number of para-hydroxylation sites is 1. The number of hydrogen-bond acceptors (Lipinski definition) is 4. The first-order valence-corrected chi connectivity index (χ1v) is 6.34. The standard InChI is InChI=1S/C13H9BrN2O3/c1-6-9(7-4-2-3-5-8(7)19-6)11-15-12(17)10(14)13(18)16-11/h2-5H,1H3,(H2,15,16,17,18). The van der Waals surface area contributed by atoms with Gasteiger partial charge < -0.3 is 14.5 Å². The van der Waals surface area contributed by atoms with Crippen molar-refractivity contribution in [2.45, 2.75) is 6.92 Å². The van der Waals surface area contributed by atoms with Crippen molar-refractivity contribution in [1.29, 1.82) is 0 Å². The van der Waals surface area contributed by atoms with Gasteiger partial charge >= 0.3 is 0 Å². The van der Waals surface area contributed by atoms with E-state index in [9.17, 15) is 9.90 Å². The Hall–Kier alpha value is -2.08. The van der Waals surface area contributed by atoms with E-state index in [-0.39, 0.29) is 16.2 Å². The molecule has 6 heteroatoms. The fraction of sp³-hybridized carbons (Fsp3) is 0.0769. The van der Waals surface area contributed by atoms with Gasteiger partial charge in [0.2, 0.25) is 5.88 Å². The average molecular weight is 321 g/mol.